The van der Waals surface area contributed by atoms with E-state index in [4.69, 9.17) is 0 Å². The van der Waals surface area contributed by atoms with Crippen molar-refractivity contribution >= 4 is 27.3 Å². The highest BCUT2D eigenvalue weighted by molar-refractivity contribution is 9.10. The summed E-state index contributed by atoms with van der Waals surface area (Å²) in [5, 5.41) is 10.6. The average molecular weight is 363 g/mol. The van der Waals surface area contributed by atoms with Crippen LogP contribution in [0.15, 0.2) is 50.9 Å². The van der Waals surface area contributed by atoms with Crippen molar-refractivity contribution in [1.82, 2.24) is 10.2 Å². The third-order valence-corrected chi connectivity index (χ3v) is 4.02. The van der Waals surface area contributed by atoms with E-state index in [0.717, 1.165) is 24.1 Å². The van der Waals surface area contributed by atoms with Gasteiger partial charge in [-0.2, -0.15) is 10.2 Å². The molecule has 5 nitrogen and oxygen atoms in total. The minimum absolute atomic E-state index is 0.285. The predicted octanol–water partition coefficient (Wildman–Crippen LogP) is 3.93. The zero-order valence-corrected chi connectivity index (χ0v) is 14.1. The van der Waals surface area contributed by atoms with Crippen LogP contribution in [0.3, 0.4) is 0 Å². The third-order valence-electron chi connectivity index (χ3n) is 3.23. The molecule has 0 saturated carbocycles. The van der Waals surface area contributed by atoms with Gasteiger partial charge in [-0.15, -0.1) is 0 Å². The molecule has 0 radical (unpaired) electrons. The second kappa shape index (κ2) is 8.48. The van der Waals surface area contributed by atoms with Crippen molar-refractivity contribution in [3.05, 3.63) is 56.9 Å². The second-order valence-corrected chi connectivity index (χ2v) is 5.71. The SMILES string of the molecule is CCCCCC(=NNc1cn[nH]c(=O)c1Br)c1ccccc1. The van der Waals surface area contributed by atoms with Gasteiger partial charge in [0, 0.05) is 0 Å². The molecule has 0 saturated heterocycles. The lowest BCUT2D eigenvalue weighted by Gasteiger charge is -2.08. The molecule has 2 N–H and O–H groups in total. The first-order chi connectivity index (χ1) is 10.7. The highest BCUT2D eigenvalue weighted by atomic mass is 79.9. The largest absolute Gasteiger partial charge is 0.280 e. The number of H-pyrrole nitrogens is 1. The summed E-state index contributed by atoms with van der Waals surface area (Å²) in [5.41, 5.74) is 5.26. The average Bonchev–Trinajstić information content (AvgIpc) is 2.55. The number of halogens is 1. The molecule has 0 atom stereocenters. The van der Waals surface area contributed by atoms with E-state index in [1.807, 2.05) is 30.3 Å². The van der Waals surface area contributed by atoms with Crippen LogP contribution in [0.4, 0.5) is 5.69 Å². The number of nitrogens with one attached hydrogen (secondary N) is 2. The van der Waals surface area contributed by atoms with Crippen LogP contribution in [0.5, 0.6) is 0 Å². The standard InChI is InChI=1S/C16H19BrN4O/c1-2-3-5-10-13(12-8-6-4-7-9-12)19-20-14-11-18-21-16(22)15(14)17/h4,6-9,11H,2-3,5,10H2,1H3,(H2,20,21,22). The van der Waals surface area contributed by atoms with Gasteiger partial charge >= 0.3 is 0 Å². The van der Waals surface area contributed by atoms with E-state index < -0.39 is 0 Å². The topological polar surface area (TPSA) is 70.1 Å². The van der Waals surface area contributed by atoms with Crippen LogP contribution in [0, 0.1) is 0 Å². The van der Waals surface area contributed by atoms with E-state index in [-0.39, 0.29) is 5.56 Å². The van der Waals surface area contributed by atoms with Gasteiger partial charge in [-0.3, -0.25) is 10.2 Å². The van der Waals surface area contributed by atoms with Crippen LogP contribution >= 0.6 is 15.9 Å². The molecule has 0 aliphatic heterocycles. The predicted molar refractivity (Wildman–Crippen MR) is 93.3 cm³/mol. The Bertz CT molecular complexity index is 682. The molecule has 0 aliphatic carbocycles. The van der Waals surface area contributed by atoms with Crippen molar-refractivity contribution in [2.45, 2.75) is 32.6 Å². The Kier molecular flexibility index (Phi) is 6.33. The summed E-state index contributed by atoms with van der Waals surface area (Å²) in [6.45, 7) is 2.18. The monoisotopic (exact) mass is 362 g/mol. The normalized spacial score (nSPS) is 11.5. The molecule has 1 heterocycles. The first kappa shape index (κ1) is 16.4. The fraction of sp³-hybridized carbons (Fsp3) is 0.312. The maximum absolute atomic E-state index is 11.5. The number of unbranched alkanes of at least 4 members (excludes halogenated alkanes) is 2. The lowest BCUT2D eigenvalue weighted by molar-refractivity contribution is 0.741. The molecule has 1 aromatic carbocycles. The second-order valence-electron chi connectivity index (χ2n) is 4.92. The van der Waals surface area contributed by atoms with Gasteiger partial charge in [0.25, 0.3) is 5.56 Å². The Morgan fingerprint density at radius 2 is 2.09 bits per heavy atom. The summed E-state index contributed by atoms with van der Waals surface area (Å²) >= 11 is 3.23. The van der Waals surface area contributed by atoms with E-state index in [0.29, 0.717) is 10.2 Å². The number of hydrazone groups is 1. The Labute approximate surface area is 138 Å². The minimum Gasteiger partial charge on any atom is -0.275 e. The van der Waals surface area contributed by atoms with Crippen molar-refractivity contribution in [2.24, 2.45) is 5.10 Å². The van der Waals surface area contributed by atoms with Crippen LogP contribution in [0.25, 0.3) is 0 Å². The van der Waals surface area contributed by atoms with E-state index in [2.05, 4.69) is 43.6 Å². The number of benzene rings is 1. The molecule has 0 unspecified atom stereocenters. The molecule has 6 heteroatoms. The van der Waals surface area contributed by atoms with Crippen LogP contribution in [0.2, 0.25) is 0 Å². The van der Waals surface area contributed by atoms with Gasteiger partial charge in [0.1, 0.15) is 4.47 Å². The van der Waals surface area contributed by atoms with Crippen molar-refractivity contribution < 1.29 is 0 Å². The number of aromatic nitrogens is 2. The minimum atomic E-state index is -0.285. The zero-order chi connectivity index (χ0) is 15.8. The molecule has 1 aromatic heterocycles. The van der Waals surface area contributed by atoms with Crippen molar-refractivity contribution in [1.29, 1.82) is 0 Å². The molecule has 0 aliphatic rings. The summed E-state index contributed by atoms with van der Waals surface area (Å²) in [6, 6.07) is 10.1. The number of aromatic amines is 1. The molecular formula is C16H19BrN4O. The summed E-state index contributed by atoms with van der Waals surface area (Å²) in [4.78, 5) is 11.5. The van der Waals surface area contributed by atoms with Crippen LogP contribution in [0.1, 0.15) is 38.2 Å². The maximum atomic E-state index is 11.5. The van der Waals surface area contributed by atoms with Crippen molar-refractivity contribution in [3.63, 3.8) is 0 Å². The van der Waals surface area contributed by atoms with E-state index in [9.17, 15) is 4.79 Å². The lowest BCUT2D eigenvalue weighted by Crippen LogP contribution is -2.11. The number of nitrogens with zero attached hydrogens (tertiary/aromatic N) is 2. The number of hydrogen-bond acceptors (Lipinski definition) is 4. The quantitative estimate of drug-likeness (QED) is 0.445. The van der Waals surface area contributed by atoms with Gasteiger partial charge in [0.2, 0.25) is 0 Å². The first-order valence-corrected chi connectivity index (χ1v) is 8.13. The van der Waals surface area contributed by atoms with Gasteiger partial charge in [-0.25, -0.2) is 5.10 Å². The Morgan fingerprint density at radius 3 is 2.82 bits per heavy atom. The molecule has 22 heavy (non-hydrogen) atoms. The van der Waals surface area contributed by atoms with Crippen LogP contribution in [-0.2, 0) is 0 Å². The summed E-state index contributed by atoms with van der Waals surface area (Å²) in [6.07, 6.45) is 5.84. The summed E-state index contributed by atoms with van der Waals surface area (Å²) < 4.78 is 0.396. The van der Waals surface area contributed by atoms with Gasteiger partial charge in [0.05, 0.1) is 17.6 Å². The van der Waals surface area contributed by atoms with Gasteiger partial charge in [-0.05, 0) is 34.3 Å². The zero-order valence-electron chi connectivity index (χ0n) is 12.5. The molecular weight excluding hydrogens is 344 g/mol. The number of rotatable bonds is 7. The van der Waals surface area contributed by atoms with E-state index >= 15 is 0 Å². The number of anilines is 1. The highest BCUT2D eigenvalue weighted by Crippen LogP contribution is 2.16. The summed E-state index contributed by atoms with van der Waals surface area (Å²) in [5.74, 6) is 0. The maximum Gasteiger partial charge on any atom is 0.280 e. The van der Waals surface area contributed by atoms with E-state index in [1.165, 1.54) is 19.0 Å². The molecule has 0 fully saturated rings. The number of hydrogen-bond donors (Lipinski definition) is 2. The molecule has 2 rings (SSSR count). The van der Waals surface area contributed by atoms with Gasteiger partial charge < -0.3 is 0 Å². The summed E-state index contributed by atoms with van der Waals surface area (Å²) in [7, 11) is 0. The molecule has 0 spiro atoms. The Balaban J connectivity index is 2.20. The highest BCUT2D eigenvalue weighted by Gasteiger charge is 2.06. The third kappa shape index (κ3) is 4.53. The molecule has 2 aromatic rings. The lowest BCUT2D eigenvalue weighted by atomic mass is 10.0. The van der Waals surface area contributed by atoms with Gasteiger partial charge in [0.15, 0.2) is 0 Å². The van der Waals surface area contributed by atoms with Crippen molar-refractivity contribution in [3.8, 4) is 0 Å². The molecule has 0 amide bonds. The fourth-order valence-electron chi connectivity index (χ4n) is 2.03. The van der Waals surface area contributed by atoms with E-state index in [1.54, 1.807) is 0 Å². The van der Waals surface area contributed by atoms with Crippen LogP contribution < -0.4 is 11.0 Å². The molecule has 116 valence electrons. The molecule has 0 bridgehead atoms. The first-order valence-electron chi connectivity index (χ1n) is 7.33. The van der Waals surface area contributed by atoms with Crippen molar-refractivity contribution in [2.75, 3.05) is 5.43 Å². The Hall–Kier alpha value is -1.95. The van der Waals surface area contributed by atoms with Crippen LogP contribution in [-0.4, -0.2) is 15.9 Å². The Morgan fingerprint density at radius 1 is 1.32 bits per heavy atom. The fourth-order valence-corrected chi connectivity index (χ4v) is 2.31. The van der Waals surface area contributed by atoms with Gasteiger partial charge in [-0.1, -0.05) is 50.1 Å². The smallest absolute Gasteiger partial charge is 0.275 e.